The van der Waals surface area contributed by atoms with E-state index in [1.54, 1.807) is 0 Å². The minimum Gasteiger partial charge on any atom is -0.481 e. The fraction of sp³-hybridized carbons (Fsp3) is 0.722. The van der Waals surface area contributed by atoms with Gasteiger partial charge in [-0.05, 0) is 68.8 Å². The molecule has 3 rings (SSSR count). The van der Waals surface area contributed by atoms with E-state index in [1.165, 1.54) is 30.4 Å². The quantitative estimate of drug-likeness (QED) is 0.760. The number of carbonyl (C=O) groups is 1. The molecule has 20 heavy (non-hydrogen) atoms. The molecular formula is C18H26O2. The lowest BCUT2D eigenvalue weighted by atomic mass is 9.47. The normalized spacial score (nSPS) is 44.0. The molecule has 2 nitrogen and oxygen atoms in total. The topological polar surface area (TPSA) is 37.3 Å². The first-order chi connectivity index (χ1) is 9.38. The summed E-state index contributed by atoms with van der Waals surface area (Å²) in [5.74, 6) is 0.276. The van der Waals surface area contributed by atoms with Gasteiger partial charge in [0.05, 0.1) is 5.41 Å². The number of allylic oxidation sites excluding steroid dienone is 4. The first kappa shape index (κ1) is 13.9. The summed E-state index contributed by atoms with van der Waals surface area (Å²) >= 11 is 0. The van der Waals surface area contributed by atoms with Crippen LogP contribution in [-0.2, 0) is 4.79 Å². The van der Waals surface area contributed by atoms with Crippen LogP contribution in [0, 0.1) is 22.7 Å². The Kier molecular flexibility index (Phi) is 3.11. The molecular weight excluding hydrogens is 248 g/mol. The van der Waals surface area contributed by atoms with E-state index in [4.69, 9.17) is 0 Å². The van der Waals surface area contributed by atoms with Crippen molar-refractivity contribution < 1.29 is 9.90 Å². The molecule has 1 saturated carbocycles. The van der Waals surface area contributed by atoms with Gasteiger partial charge >= 0.3 is 5.97 Å². The summed E-state index contributed by atoms with van der Waals surface area (Å²) in [5, 5.41) is 9.76. The van der Waals surface area contributed by atoms with E-state index in [0.717, 1.165) is 19.3 Å². The van der Waals surface area contributed by atoms with Crippen LogP contribution in [-0.4, -0.2) is 11.1 Å². The molecule has 110 valence electrons. The van der Waals surface area contributed by atoms with Crippen LogP contribution in [0.1, 0.15) is 59.3 Å². The lowest BCUT2D eigenvalue weighted by Crippen LogP contribution is -2.52. The first-order valence-electron chi connectivity index (χ1n) is 7.98. The summed E-state index contributed by atoms with van der Waals surface area (Å²) in [6, 6.07) is 0. The van der Waals surface area contributed by atoms with E-state index < -0.39 is 11.4 Å². The van der Waals surface area contributed by atoms with Gasteiger partial charge < -0.3 is 5.11 Å². The Labute approximate surface area is 122 Å². The molecule has 0 aromatic carbocycles. The van der Waals surface area contributed by atoms with Crippen LogP contribution in [0.15, 0.2) is 23.3 Å². The van der Waals surface area contributed by atoms with Crippen molar-refractivity contribution in [1.82, 2.24) is 0 Å². The summed E-state index contributed by atoms with van der Waals surface area (Å²) in [6.45, 7) is 6.57. The van der Waals surface area contributed by atoms with Crippen molar-refractivity contribution in [2.24, 2.45) is 22.7 Å². The Morgan fingerprint density at radius 1 is 1.35 bits per heavy atom. The highest BCUT2D eigenvalue weighted by Gasteiger charge is 2.56. The van der Waals surface area contributed by atoms with Crippen LogP contribution in [0.25, 0.3) is 0 Å². The van der Waals surface area contributed by atoms with Gasteiger partial charge in [-0.1, -0.05) is 31.1 Å². The van der Waals surface area contributed by atoms with Gasteiger partial charge in [0.2, 0.25) is 0 Å². The highest BCUT2D eigenvalue weighted by atomic mass is 16.4. The molecule has 0 amide bonds. The molecule has 0 aromatic heterocycles. The predicted octanol–water partition coefficient (Wildman–Crippen LogP) is 4.57. The van der Waals surface area contributed by atoms with Gasteiger partial charge in [0.1, 0.15) is 0 Å². The number of hydrogen-bond donors (Lipinski definition) is 1. The van der Waals surface area contributed by atoms with Crippen molar-refractivity contribution in [1.29, 1.82) is 0 Å². The molecule has 1 N–H and O–H groups in total. The van der Waals surface area contributed by atoms with E-state index >= 15 is 0 Å². The number of fused-ring (bicyclic) bond motifs is 3. The molecule has 0 saturated heterocycles. The Balaban J connectivity index is 2.04. The van der Waals surface area contributed by atoms with Crippen LogP contribution >= 0.6 is 0 Å². The number of hydrogen-bond acceptors (Lipinski definition) is 1. The van der Waals surface area contributed by atoms with Gasteiger partial charge in [-0.15, -0.1) is 0 Å². The zero-order valence-corrected chi connectivity index (χ0v) is 12.9. The summed E-state index contributed by atoms with van der Waals surface area (Å²) in [5.41, 5.74) is 2.60. The van der Waals surface area contributed by atoms with Crippen molar-refractivity contribution in [3.63, 3.8) is 0 Å². The second-order valence-electron chi connectivity index (χ2n) is 7.66. The standard InChI is InChI=1S/C18H26O2/c1-12-5-7-14-13(11-12)6-8-15-17(14,2)9-4-10-18(15,3)16(19)20/h6,11,14-15H,4-5,7-10H2,1-3H3,(H,19,20)/t14-,15?,17+,18+/m0/s1. The predicted molar refractivity (Wildman–Crippen MR) is 80.4 cm³/mol. The zero-order chi connectivity index (χ0) is 14.5. The second kappa shape index (κ2) is 4.47. The molecule has 0 aliphatic heterocycles. The van der Waals surface area contributed by atoms with Gasteiger partial charge in [0.25, 0.3) is 0 Å². The van der Waals surface area contributed by atoms with Crippen LogP contribution in [0.5, 0.6) is 0 Å². The lowest BCUT2D eigenvalue weighted by molar-refractivity contribution is -0.162. The molecule has 3 aliphatic rings. The van der Waals surface area contributed by atoms with E-state index in [2.05, 4.69) is 26.0 Å². The zero-order valence-electron chi connectivity index (χ0n) is 12.9. The van der Waals surface area contributed by atoms with E-state index in [9.17, 15) is 9.90 Å². The van der Waals surface area contributed by atoms with Crippen LogP contribution in [0.2, 0.25) is 0 Å². The average Bonchev–Trinajstić information content (AvgIpc) is 2.37. The number of aliphatic carboxylic acids is 1. The van der Waals surface area contributed by atoms with Gasteiger partial charge in [0, 0.05) is 0 Å². The van der Waals surface area contributed by atoms with Gasteiger partial charge in [-0.2, -0.15) is 0 Å². The Morgan fingerprint density at radius 3 is 2.80 bits per heavy atom. The van der Waals surface area contributed by atoms with E-state index in [1.807, 2.05) is 6.92 Å². The first-order valence-corrected chi connectivity index (χ1v) is 7.98. The third kappa shape index (κ3) is 1.80. The maximum absolute atomic E-state index is 11.9. The SMILES string of the molecule is CC1=CC2=CCC3[C@](C)(C(=O)O)CCC[C@]3(C)[C@H]2CC1. The third-order valence-corrected chi connectivity index (χ3v) is 6.49. The molecule has 0 heterocycles. The number of rotatable bonds is 1. The second-order valence-corrected chi connectivity index (χ2v) is 7.66. The molecule has 3 aliphatic carbocycles. The Hall–Kier alpha value is -1.05. The molecule has 2 heteroatoms. The average molecular weight is 274 g/mol. The van der Waals surface area contributed by atoms with Gasteiger partial charge in [0.15, 0.2) is 0 Å². The lowest BCUT2D eigenvalue weighted by Gasteiger charge is -2.56. The molecule has 1 fully saturated rings. The van der Waals surface area contributed by atoms with E-state index in [-0.39, 0.29) is 5.41 Å². The van der Waals surface area contributed by atoms with Crippen molar-refractivity contribution in [2.75, 3.05) is 0 Å². The molecule has 0 spiro atoms. The van der Waals surface area contributed by atoms with Crippen molar-refractivity contribution in [2.45, 2.75) is 59.3 Å². The summed E-state index contributed by atoms with van der Waals surface area (Å²) in [4.78, 5) is 11.9. The number of carboxylic acids is 1. The molecule has 0 aromatic rings. The van der Waals surface area contributed by atoms with Crippen LogP contribution in [0.4, 0.5) is 0 Å². The molecule has 0 bridgehead atoms. The smallest absolute Gasteiger partial charge is 0.309 e. The summed E-state index contributed by atoms with van der Waals surface area (Å²) < 4.78 is 0. The summed E-state index contributed by atoms with van der Waals surface area (Å²) in [7, 11) is 0. The van der Waals surface area contributed by atoms with Crippen molar-refractivity contribution >= 4 is 5.97 Å². The highest BCUT2D eigenvalue weighted by Crippen LogP contribution is 2.61. The van der Waals surface area contributed by atoms with Crippen molar-refractivity contribution in [3.05, 3.63) is 23.3 Å². The Bertz CT molecular complexity index is 502. The van der Waals surface area contributed by atoms with Crippen LogP contribution < -0.4 is 0 Å². The maximum atomic E-state index is 11.9. The van der Waals surface area contributed by atoms with Gasteiger partial charge in [-0.25, -0.2) is 0 Å². The Morgan fingerprint density at radius 2 is 2.10 bits per heavy atom. The molecule has 1 unspecified atom stereocenters. The minimum atomic E-state index is -0.590. The molecule has 0 radical (unpaired) electrons. The minimum absolute atomic E-state index is 0.173. The number of carboxylic acid groups (broad SMARTS) is 1. The largest absolute Gasteiger partial charge is 0.481 e. The molecule has 4 atom stereocenters. The monoisotopic (exact) mass is 274 g/mol. The van der Waals surface area contributed by atoms with Crippen LogP contribution in [0.3, 0.4) is 0 Å². The van der Waals surface area contributed by atoms with E-state index in [0.29, 0.717) is 11.8 Å². The fourth-order valence-corrected chi connectivity index (χ4v) is 5.28. The summed E-state index contributed by atoms with van der Waals surface area (Å²) in [6.07, 6.45) is 11.1. The third-order valence-electron chi connectivity index (χ3n) is 6.49. The van der Waals surface area contributed by atoms with Crippen molar-refractivity contribution in [3.8, 4) is 0 Å². The fourth-order valence-electron chi connectivity index (χ4n) is 5.28. The van der Waals surface area contributed by atoms with Gasteiger partial charge in [-0.3, -0.25) is 4.79 Å². The highest BCUT2D eigenvalue weighted by molar-refractivity contribution is 5.75. The maximum Gasteiger partial charge on any atom is 0.309 e.